The molecule has 0 bridgehead atoms. The van der Waals surface area contributed by atoms with E-state index in [2.05, 4.69) is 47.7 Å². The third-order valence-corrected chi connectivity index (χ3v) is 7.96. The van der Waals surface area contributed by atoms with Crippen LogP contribution < -0.4 is 4.90 Å². The van der Waals surface area contributed by atoms with Gasteiger partial charge in [-0.2, -0.15) is 0 Å². The highest BCUT2D eigenvalue weighted by molar-refractivity contribution is 5.95. The molecule has 2 amide bonds. The summed E-state index contributed by atoms with van der Waals surface area (Å²) in [5.74, 6) is 1.38. The summed E-state index contributed by atoms with van der Waals surface area (Å²) < 4.78 is 0. The lowest BCUT2D eigenvalue weighted by molar-refractivity contribution is -0.133. The largest absolute Gasteiger partial charge is 0.337 e. The second kappa shape index (κ2) is 13.9. The standard InChI is InChI=1S/C32H46N4O2/c1-26(2)24-34-16-9-17-36(32(38)23-27-10-5-4-6-11-27)30-13-8-7-12-29(30)25-35(21-20-34)31(37)22-28-14-18-33(3)19-15-28/h4-8,10-13,26,28H,9,14-25H2,1-3H3. The number of benzene rings is 2. The SMILES string of the molecule is CC(C)CN1CCCN(C(=O)Cc2ccccc2)c2ccccc2CN(C(=O)CC2CCN(C)CC2)CC1. The molecule has 0 aliphatic carbocycles. The summed E-state index contributed by atoms with van der Waals surface area (Å²) in [6.07, 6.45) is 4.09. The van der Waals surface area contributed by atoms with Crippen molar-refractivity contribution in [1.29, 1.82) is 0 Å². The molecule has 0 atom stereocenters. The van der Waals surface area contributed by atoms with Gasteiger partial charge >= 0.3 is 0 Å². The van der Waals surface area contributed by atoms with Crippen LogP contribution in [-0.2, 0) is 22.6 Å². The van der Waals surface area contributed by atoms with Gasteiger partial charge in [-0.05, 0) is 75.0 Å². The maximum Gasteiger partial charge on any atom is 0.231 e. The molecule has 0 N–H and O–H groups in total. The number of nitrogens with zero attached hydrogens (tertiary/aromatic N) is 4. The Bertz CT molecular complexity index is 1030. The van der Waals surface area contributed by atoms with E-state index < -0.39 is 0 Å². The van der Waals surface area contributed by atoms with E-state index in [1.54, 1.807) is 0 Å². The molecule has 1 saturated heterocycles. The van der Waals surface area contributed by atoms with Gasteiger partial charge in [-0.15, -0.1) is 0 Å². The van der Waals surface area contributed by atoms with E-state index >= 15 is 0 Å². The van der Waals surface area contributed by atoms with Gasteiger partial charge in [-0.3, -0.25) is 9.59 Å². The maximum atomic E-state index is 13.7. The Kier molecular flexibility index (Phi) is 10.4. The number of piperidine rings is 1. The summed E-state index contributed by atoms with van der Waals surface area (Å²) in [6, 6.07) is 18.2. The van der Waals surface area contributed by atoms with Crippen LogP contribution in [0.3, 0.4) is 0 Å². The molecule has 0 radical (unpaired) electrons. The van der Waals surface area contributed by atoms with Gasteiger partial charge in [0.2, 0.25) is 11.8 Å². The Morgan fingerprint density at radius 1 is 0.842 bits per heavy atom. The number of carbonyl (C=O) groups excluding carboxylic acids is 2. The third-order valence-electron chi connectivity index (χ3n) is 7.96. The molecular formula is C32H46N4O2. The molecule has 0 saturated carbocycles. The van der Waals surface area contributed by atoms with Gasteiger partial charge in [0, 0.05) is 44.8 Å². The van der Waals surface area contributed by atoms with E-state index in [1.807, 2.05) is 47.4 Å². The molecule has 2 aliphatic rings. The average molecular weight is 519 g/mol. The Hall–Kier alpha value is -2.70. The number of hydrogen-bond acceptors (Lipinski definition) is 4. The van der Waals surface area contributed by atoms with Gasteiger partial charge < -0.3 is 19.6 Å². The highest BCUT2D eigenvalue weighted by atomic mass is 16.2. The van der Waals surface area contributed by atoms with E-state index in [0.29, 0.717) is 37.8 Å². The second-order valence-electron chi connectivity index (χ2n) is 11.7. The predicted octanol–water partition coefficient (Wildman–Crippen LogP) is 4.68. The van der Waals surface area contributed by atoms with E-state index in [4.69, 9.17) is 0 Å². The first-order valence-electron chi connectivity index (χ1n) is 14.5. The lowest BCUT2D eigenvalue weighted by Crippen LogP contribution is -2.41. The quantitative estimate of drug-likeness (QED) is 0.557. The molecule has 4 rings (SSSR count). The smallest absolute Gasteiger partial charge is 0.231 e. The first kappa shape index (κ1) is 28.3. The molecule has 2 heterocycles. The van der Waals surface area contributed by atoms with Crippen molar-refractivity contribution >= 4 is 17.5 Å². The first-order valence-corrected chi connectivity index (χ1v) is 14.5. The predicted molar refractivity (Wildman–Crippen MR) is 155 cm³/mol. The summed E-state index contributed by atoms with van der Waals surface area (Å²) in [5, 5.41) is 0. The van der Waals surface area contributed by atoms with Crippen LogP contribution in [0.15, 0.2) is 54.6 Å². The fourth-order valence-electron chi connectivity index (χ4n) is 5.82. The molecule has 2 aromatic rings. The third kappa shape index (κ3) is 8.15. The van der Waals surface area contributed by atoms with Crippen molar-refractivity contribution in [2.24, 2.45) is 11.8 Å². The highest BCUT2D eigenvalue weighted by Gasteiger charge is 2.26. The number of carbonyl (C=O) groups is 2. The summed E-state index contributed by atoms with van der Waals surface area (Å²) in [5.41, 5.74) is 3.03. The first-order chi connectivity index (χ1) is 18.4. The summed E-state index contributed by atoms with van der Waals surface area (Å²) in [7, 11) is 2.16. The molecule has 206 valence electrons. The molecule has 38 heavy (non-hydrogen) atoms. The summed E-state index contributed by atoms with van der Waals surface area (Å²) in [4.78, 5) is 36.3. The van der Waals surface area contributed by atoms with Crippen LogP contribution in [0.1, 0.15) is 50.7 Å². The Labute approximate surface area is 229 Å². The van der Waals surface area contributed by atoms with Crippen molar-refractivity contribution in [3.05, 3.63) is 65.7 Å². The molecule has 0 unspecified atom stereocenters. The molecule has 0 spiro atoms. The molecule has 2 aromatic carbocycles. The van der Waals surface area contributed by atoms with Gasteiger partial charge in [0.05, 0.1) is 6.42 Å². The van der Waals surface area contributed by atoms with E-state index in [0.717, 1.165) is 75.3 Å². The van der Waals surface area contributed by atoms with Crippen LogP contribution in [0.25, 0.3) is 0 Å². The number of rotatable bonds is 6. The number of hydrogen-bond donors (Lipinski definition) is 0. The average Bonchev–Trinajstić information content (AvgIpc) is 2.93. The minimum absolute atomic E-state index is 0.113. The monoisotopic (exact) mass is 518 g/mol. The van der Waals surface area contributed by atoms with Crippen LogP contribution in [0, 0.1) is 11.8 Å². The number of amides is 2. The zero-order chi connectivity index (χ0) is 26.9. The van der Waals surface area contributed by atoms with Crippen LogP contribution in [-0.4, -0.2) is 79.4 Å². The number of likely N-dealkylation sites (tertiary alicyclic amines) is 1. The Balaban J connectivity index is 1.58. The minimum atomic E-state index is 0.113. The Morgan fingerprint density at radius 2 is 1.55 bits per heavy atom. The van der Waals surface area contributed by atoms with E-state index in [9.17, 15) is 9.59 Å². The Morgan fingerprint density at radius 3 is 2.29 bits per heavy atom. The van der Waals surface area contributed by atoms with Crippen LogP contribution in [0.4, 0.5) is 5.69 Å². The van der Waals surface area contributed by atoms with Gasteiger partial charge in [0.15, 0.2) is 0 Å². The van der Waals surface area contributed by atoms with Crippen molar-refractivity contribution in [3.8, 4) is 0 Å². The normalized spacial score (nSPS) is 18.7. The van der Waals surface area contributed by atoms with Crippen molar-refractivity contribution in [3.63, 3.8) is 0 Å². The molecular weight excluding hydrogens is 472 g/mol. The second-order valence-corrected chi connectivity index (χ2v) is 11.7. The zero-order valence-electron chi connectivity index (χ0n) is 23.6. The fourth-order valence-corrected chi connectivity index (χ4v) is 5.82. The van der Waals surface area contributed by atoms with Gasteiger partial charge in [0.1, 0.15) is 0 Å². The topological polar surface area (TPSA) is 47.1 Å². The van der Waals surface area contributed by atoms with Crippen molar-refractivity contribution in [1.82, 2.24) is 14.7 Å². The van der Waals surface area contributed by atoms with Gasteiger partial charge in [0.25, 0.3) is 0 Å². The highest BCUT2D eigenvalue weighted by Crippen LogP contribution is 2.26. The lowest BCUT2D eigenvalue weighted by Gasteiger charge is -2.32. The minimum Gasteiger partial charge on any atom is -0.337 e. The van der Waals surface area contributed by atoms with Crippen LogP contribution in [0.5, 0.6) is 0 Å². The van der Waals surface area contributed by atoms with Gasteiger partial charge in [-0.1, -0.05) is 62.4 Å². The lowest BCUT2D eigenvalue weighted by atomic mass is 9.93. The number of fused-ring (bicyclic) bond motifs is 1. The van der Waals surface area contributed by atoms with E-state index in [1.165, 1.54) is 0 Å². The summed E-state index contributed by atoms with van der Waals surface area (Å²) in [6.45, 7) is 11.4. The molecule has 6 nitrogen and oxygen atoms in total. The van der Waals surface area contributed by atoms with Crippen LogP contribution in [0.2, 0.25) is 0 Å². The zero-order valence-corrected chi connectivity index (χ0v) is 23.6. The van der Waals surface area contributed by atoms with Crippen molar-refractivity contribution in [2.75, 3.05) is 57.8 Å². The van der Waals surface area contributed by atoms with Crippen LogP contribution >= 0.6 is 0 Å². The molecule has 0 aromatic heterocycles. The number of anilines is 1. The summed E-state index contributed by atoms with van der Waals surface area (Å²) >= 11 is 0. The van der Waals surface area contributed by atoms with Gasteiger partial charge in [-0.25, -0.2) is 0 Å². The van der Waals surface area contributed by atoms with E-state index in [-0.39, 0.29) is 11.8 Å². The fraction of sp³-hybridized carbons (Fsp3) is 0.562. The molecule has 2 aliphatic heterocycles. The molecule has 6 heteroatoms. The van der Waals surface area contributed by atoms with Crippen molar-refractivity contribution < 1.29 is 9.59 Å². The maximum absolute atomic E-state index is 13.7. The number of para-hydroxylation sites is 1. The van der Waals surface area contributed by atoms with Crippen molar-refractivity contribution in [2.45, 2.75) is 52.5 Å². The molecule has 1 fully saturated rings.